The molecule has 0 unspecified atom stereocenters. The van der Waals surface area contributed by atoms with Gasteiger partial charge in [0, 0.05) is 6.07 Å². The fraction of sp³-hybridized carbons (Fsp3) is 0.0833. The van der Waals surface area contributed by atoms with Crippen LogP contribution in [-0.4, -0.2) is 21.8 Å². The summed E-state index contributed by atoms with van der Waals surface area (Å²) in [4.78, 5) is 37.1. The van der Waals surface area contributed by atoms with Gasteiger partial charge in [-0.05, 0) is 28.8 Å². The molecule has 0 radical (unpaired) electrons. The third kappa shape index (κ3) is 4.65. The highest BCUT2D eigenvalue weighted by Crippen LogP contribution is 2.30. The van der Waals surface area contributed by atoms with Crippen LogP contribution in [-0.2, 0) is 17.9 Å². The number of ether oxygens (including phenoxy) is 1. The molecule has 3 aromatic carbocycles. The van der Waals surface area contributed by atoms with E-state index in [9.17, 15) is 19.7 Å². The van der Waals surface area contributed by atoms with Crippen molar-refractivity contribution in [2.45, 2.75) is 13.2 Å². The number of rotatable bonds is 7. The van der Waals surface area contributed by atoms with Gasteiger partial charge in [-0.25, -0.2) is 4.79 Å². The minimum absolute atomic E-state index is 0.0539. The van der Waals surface area contributed by atoms with Crippen molar-refractivity contribution in [3.8, 4) is 5.75 Å². The topological polar surface area (TPSA) is 102 Å². The van der Waals surface area contributed by atoms with E-state index in [0.717, 1.165) is 16.0 Å². The Morgan fingerprint density at radius 2 is 1.59 bits per heavy atom. The Morgan fingerprint density at radius 1 is 0.938 bits per heavy atom. The molecule has 0 aliphatic carbocycles. The van der Waals surface area contributed by atoms with Crippen molar-refractivity contribution in [1.82, 2.24) is 10.2 Å². The number of imide groups is 1. The standard InChI is InChI=1S/C24H19N3O5/c28-23-20(25-24(29)26(23)15-17-7-3-1-4-8-17)13-19-11-12-22(21(14-19)27(30)31)32-16-18-9-5-2-6-10-18/h1-14H,15-16H2,(H,25,29)/b20-13+. The van der Waals surface area contributed by atoms with Gasteiger partial charge >= 0.3 is 11.7 Å². The van der Waals surface area contributed by atoms with Crippen LogP contribution in [0.4, 0.5) is 10.5 Å². The van der Waals surface area contributed by atoms with Crippen LogP contribution in [0, 0.1) is 10.1 Å². The molecule has 1 fully saturated rings. The maximum atomic E-state index is 12.7. The molecule has 0 atom stereocenters. The van der Waals surface area contributed by atoms with Crippen LogP contribution in [0.25, 0.3) is 6.08 Å². The number of nitro benzene ring substituents is 1. The third-order valence-electron chi connectivity index (χ3n) is 4.87. The van der Waals surface area contributed by atoms with Gasteiger partial charge in [0.1, 0.15) is 12.3 Å². The maximum absolute atomic E-state index is 12.7. The van der Waals surface area contributed by atoms with Gasteiger partial charge in [0.2, 0.25) is 0 Å². The van der Waals surface area contributed by atoms with Crippen LogP contribution in [0.2, 0.25) is 0 Å². The molecule has 8 heteroatoms. The average Bonchev–Trinajstić information content (AvgIpc) is 3.06. The second-order valence-electron chi connectivity index (χ2n) is 7.12. The summed E-state index contributed by atoms with van der Waals surface area (Å²) in [5.41, 5.74) is 1.92. The highest BCUT2D eigenvalue weighted by Gasteiger charge is 2.33. The highest BCUT2D eigenvalue weighted by atomic mass is 16.6. The molecular weight excluding hydrogens is 410 g/mol. The molecule has 3 aromatic rings. The Kier molecular flexibility index (Phi) is 5.94. The molecule has 1 heterocycles. The molecular formula is C24H19N3O5. The van der Waals surface area contributed by atoms with Crippen LogP contribution in [0.1, 0.15) is 16.7 Å². The zero-order valence-corrected chi connectivity index (χ0v) is 16.9. The Hall–Kier alpha value is -4.46. The molecule has 1 aliphatic heterocycles. The second kappa shape index (κ2) is 9.13. The number of carbonyl (C=O) groups is 2. The van der Waals surface area contributed by atoms with E-state index in [1.807, 2.05) is 60.7 Å². The number of nitro groups is 1. The number of hydrogen-bond acceptors (Lipinski definition) is 5. The van der Waals surface area contributed by atoms with Crippen LogP contribution < -0.4 is 10.1 Å². The van der Waals surface area contributed by atoms with Crippen molar-refractivity contribution in [2.75, 3.05) is 0 Å². The lowest BCUT2D eigenvalue weighted by Crippen LogP contribution is -2.30. The van der Waals surface area contributed by atoms with E-state index in [1.54, 1.807) is 6.07 Å². The van der Waals surface area contributed by atoms with E-state index < -0.39 is 16.9 Å². The summed E-state index contributed by atoms with van der Waals surface area (Å²) >= 11 is 0. The highest BCUT2D eigenvalue weighted by molar-refractivity contribution is 6.13. The summed E-state index contributed by atoms with van der Waals surface area (Å²) in [6.07, 6.45) is 1.42. The lowest BCUT2D eigenvalue weighted by molar-refractivity contribution is -0.386. The van der Waals surface area contributed by atoms with Gasteiger partial charge in [0.15, 0.2) is 5.75 Å². The van der Waals surface area contributed by atoms with Gasteiger partial charge in [-0.1, -0.05) is 66.7 Å². The molecule has 3 amide bonds. The van der Waals surface area contributed by atoms with E-state index >= 15 is 0 Å². The normalized spacial score (nSPS) is 14.5. The first-order valence-corrected chi connectivity index (χ1v) is 9.85. The van der Waals surface area contributed by atoms with Gasteiger partial charge < -0.3 is 10.1 Å². The molecule has 4 rings (SSSR count). The predicted octanol–water partition coefficient (Wildman–Crippen LogP) is 4.27. The molecule has 0 bridgehead atoms. The van der Waals surface area contributed by atoms with Crippen LogP contribution >= 0.6 is 0 Å². The predicted molar refractivity (Wildman–Crippen MR) is 117 cm³/mol. The van der Waals surface area contributed by atoms with Gasteiger partial charge in [0.25, 0.3) is 5.91 Å². The van der Waals surface area contributed by atoms with Gasteiger partial charge in [0.05, 0.1) is 11.5 Å². The number of nitrogens with one attached hydrogen (secondary N) is 1. The number of hydrogen-bond donors (Lipinski definition) is 1. The van der Waals surface area contributed by atoms with E-state index in [4.69, 9.17) is 4.74 Å². The van der Waals surface area contributed by atoms with Gasteiger partial charge in [-0.15, -0.1) is 0 Å². The van der Waals surface area contributed by atoms with E-state index in [0.29, 0.717) is 5.56 Å². The summed E-state index contributed by atoms with van der Waals surface area (Å²) in [7, 11) is 0. The molecule has 0 aromatic heterocycles. The van der Waals surface area contributed by atoms with Gasteiger partial charge in [-0.2, -0.15) is 0 Å². The lowest BCUT2D eigenvalue weighted by Gasteiger charge is -2.11. The summed E-state index contributed by atoms with van der Waals surface area (Å²) in [6, 6.07) is 22.3. The van der Waals surface area contributed by atoms with Crippen LogP contribution in [0.5, 0.6) is 5.75 Å². The molecule has 1 aliphatic rings. The Balaban J connectivity index is 1.53. The SMILES string of the molecule is O=C1N/C(=C/c2ccc(OCc3ccccc3)c([N+](=O)[O-])c2)C(=O)N1Cc1ccccc1. The Labute approximate surface area is 183 Å². The first-order chi connectivity index (χ1) is 15.5. The number of nitrogens with zero attached hydrogens (tertiary/aromatic N) is 2. The Morgan fingerprint density at radius 3 is 2.25 bits per heavy atom. The van der Waals surface area contributed by atoms with E-state index in [-0.39, 0.29) is 30.3 Å². The molecule has 0 saturated carbocycles. The lowest BCUT2D eigenvalue weighted by atomic mass is 10.1. The third-order valence-corrected chi connectivity index (χ3v) is 4.87. The monoisotopic (exact) mass is 429 g/mol. The molecule has 160 valence electrons. The van der Waals surface area contributed by atoms with Crippen molar-refractivity contribution < 1.29 is 19.2 Å². The second-order valence-corrected chi connectivity index (χ2v) is 7.12. The zero-order valence-electron chi connectivity index (χ0n) is 16.9. The summed E-state index contributed by atoms with van der Waals surface area (Å²) < 4.78 is 5.62. The molecule has 1 saturated heterocycles. The smallest absolute Gasteiger partial charge is 0.329 e. The fourth-order valence-electron chi connectivity index (χ4n) is 3.27. The minimum atomic E-state index is -0.543. The average molecular weight is 429 g/mol. The largest absolute Gasteiger partial charge is 0.482 e. The maximum Gasteiger partial charge on any atom is 0.329 e. The first-order valence-electron chi connectivity index (χ1n) is 9.85. The number of amides is 3. The number of urea groups is 1. The van der Waals surface area contributed by atoms with E-state index in [2.05, 4.69) is 5.32 Å². The summed E-state index contributed by atoms with van der Waals surface area (Å²) in [5.74, 6) is -0.376. The number of carbonyl (C=O) groups excluding carboxylic acids is 2. The van der Waals surface area contributed by atoms with Gasteiger partial charge in [-0.3, -0.25) is 19.8 Å². The zero-order chi connectivity index (χ0) is 22.5. The van der Waals surface area contributed by atoms with Crippen molar-refractivity contribution in [3.63, 3.8) is 0 Å². The summed E-state index contributed by atoms with van der Waals surface area (Å²) in [5, 5.41) is 14.1. The van der Waals surface area contributed by atoms with Crippen molar-refractivity contribution >= 4 is 23.7 Å². The van der Waals surface area contributed by atoms with Crippen molar-refractivity contribution in [2.24, 2.45) is 0 Å². The summed E-state index contributed by atoms with van der Waals surface area (Å²) in [6.45, 7) is 0.320. The fourth-order valence-corrected chi connectivity index (χ4v) is 3.27. The quantitative estimate of drug-likeness (QED) is 0.262. The number of benzene rings is 3. The van der Waals surface area contributed by atoms with Crippen LogP contribution in [0.3, 0.4) is 0 Å². The van der Waals surface area contributed by atoms with Crippen LogP contribution in [0.15, 0.2) is 84.6 Å². The molecule has 0 spiro atoms. The molecule has 1 N–H and O–H groups in total. The molecule has 32 heavy (non-hydrogen) atoms. The van der Waals surface area contributed by atoms with E-state index in [1.165, 1.54) is 18.2 Å². The first kappa shape index (κ1) is 20.8. The van der Waals surface area contributed by atoms with Crippen molar-refractivity contribution in [3.05, 3.63) is 111 Å². The molecule has 8 nitrogen and oxygen atoms in total. The van der Waals surface area contributed by atoms with Crippen molar-refractivity contribution in [1.29, 1.82) is 0 Å². The Bertz CT molecular complexity index is 1190. The minimum Gasteiger partial charge on any atom is -0.482 e.